The van der Waals surface area contributed by atoms with Crippen LogP contribution in [-0.4, -0.2) is 23.2 Å². The maximum atomic E-state index is 10.6. The molecule has 1 aromatic heterocycles. The van der Waals surface area contributed by atoms with Crippen LogP contribution < -0.4 is 4.74 Å². The summed E-state index contributed by atoms with van der Waals surface area (Å²) in [7, 11) is 1.56. The van der Waals surface area contributed by atoms with Crippen LogP contribution in [0.1, 0.15) is 11.3 Å². The molecule has 4 nitrogen and oxygen atoms in total. The maximum Gasteiger partial charge on any atom is 0.328 e. The molecule has 92 valence electrons. The van der Waals surface area contributed by atoms with E-state index in [1.165, 1.54) is 6.08 Å². The average molecular weight is 243 g/mol. The Bertz CT molecular complexity index is 632. The molecule has 0 bridgehead atoms. The first kappa shape index (κ1) is 12.1. The summed E-state index contributed by atoms with van der Waals surface area (Å²) in [4.78, 5) is 15.0. The van der Waals surface area contributed by atoms with Gasteiger partial charge in [0.05, 0.1) is 12.6 Å². The number of fused-ring (bicyclic) bond motifs is 1. The summed E-state index contributed by atoms with van der Waals surface area (Å²) in [5.41, 5.74) is 2.46. The van der Waals surface area contributed by atoms with E-state index >= 15 is 0 Å². The molecule has 0 saturated carbocycles. The Morgan fingerprint density at radius 2 is 2.11 bits per heavy atom. The first-order valence-electron chi connectivity index (χ1n) is 5.47. The van der Waals surface area contributed by atoms with Gasteiger partial charge >= 0.3 is 5.97 Å². The van der Waals surface area contributed by atoms with Crippen LogP contribution in [0.5, 0.6) is 5.75 Å². The number of pyridine rings is 1. The topological polar surface area (TPSA) is 59.4 Å². The van der Waals surface area contributed by atoms with Gasteiger partial charge in [-0.25, -0.2) is 4.79 Å². The Morgan fingerprint density at radius 1 is 1.33 bits per heavy atom. The molecule has 0 amide bonds. The van der Waals surface area contributed by atoms with Crippen LogP contribution in [0.25, 0.3) is 17.0 Å². The monoisotopic (exact) mass is 243 g/mol. The van der Waals surface area contributed by atoms with E-state index in [1.54, 1.807) is 13.2 Å². The zero-order valence-corrected chi connectivity index (χ0v) is 10.2. The number of aromatic nitrogens is 1. The molecule has 0 aliphatic carbocycles. The predicted octanol–water partition coefficient (Wildman–Crippen LogP) is 2.65. The number of rotatable bonds is 3. The van der Waals surface area contributed by atoms with Gasteiger partial charge in [-0.15, -0.1) is 0 Å². The highest BCUT2D eigenvalue weighted by atomic mass is 16.5. The smallest absolute Gasteiger partial charge is 0.328 e. The molecule has 0 saturated heterocycles. The van der Waals surface area contributed by atoms with Gasteiger partial charge in [-0.3, -0.25) is 4.98 Å². The number of carbonyl (C=O) groups is 1. The fraction of sp³-hybridized carbons (Fsp3) is 0.143. The molecule has 2 rings (SSSR count). The summed E-state index contributed by atoms with van der Waals surface area (Å²) in [5.74, 6) is -0.361. The molecular formula is C14H13NO3. The van der Waals surface area contributed by atoms with E-state index in [0.29, 0.717) is 5.75 Å². The first-order chi connectivity index (χ1) is 8.61. The van der Waals surface area contributed by atoms with Crippen molar-refractivity contribution in [2.45, 2.75) is 6.92 Å². The number of aryl methyl sites for hydroxylation is 1. The SMILES string of the molecule is COc1ccc2nc(C)ccc2c1/C=C/C(=O)O. The summed E-state index contributed by atoms with van der Waals surface area (Å²) >= 11 is 0. The van der Waals surface area contributed by atoms with E-state index in [2.05, 4.69) is 4.98 Å². The second-order valence-electron chi connectivity index (χ2n) is 3.87. The zero-order valence-electron chi connectivity index (χ0n) is 10.2. The number of nitrogens with zero attached hydrogens (tertiary/aromatic N) is 1. The number of methoxy groups -OCH3 is 1. The van der Waals surface area contributed by atoms with Gasteiger partial charge in [0.2, 0.25) is 0 Å². The number of benzene rings is 1. The minimum Gasteiger partial charge on any atom is -0.496 e. The van der Waals surface area contributed by atoms with Gasteiger partial charge < -0.3 is 9.84 Å². The Morgan fingerprint density at radius 3 is 2.78 bits per heavy atom. The van der Waals surface area contributed by atoms with Gasteiger partial charge in [0.15, 0.2) is 0 Å². The average Bonchev–Trinajstić information content (AvgIpc) is 2.35. The van der Waals surface area contributed by atoms with E-state index in [0.717, 1.165) is 28.2 Å². The molecule has 0 spiro atoms. The summed E-state index contributed by atoms with van der Waals surface area (Å²) in [6.07, 6.45) is 2.62. The van der Waals surface area contributed by atoms with Gasteiger partial charge in [0.25, 0.3) is 0 Å². The minimum atomic E-state index is -0.992. The molecule has 0 atom stereocenters. The van der Waals surface area contributed by atoms with Crippen molar-refractivity contribution in [2.75, 3.05) is 7.11 Å². The molecule has 0 aliphatic rings. The number of carboxylic acid groups (broad SMARTS) is 1. The third-order valence-corrected chi connectivity index (χ3v) is 2.62. The van der Waals surface area contributed by atoms with Crippen LogP contribution in [0.4, 0.5) is 0 Å². The first-order valence-corrected chi connectivity index (χ1v) is 5.47. The Hall–Kier alpha value is -2.36. The molecule has 1 aromatic carbocycles. The lowest BCUT2D eigenvalue weighted by molar-refractivity contribution is -0.131. The number of carboxylic acids is 1. The molecule has 1 N–H and O–H groups in total. The molecule has 2 aromatic rings. The van der Waals surface area contributed by atoms with Crippen LogP contribution in [-0.2, 0) is 4.79 Å². The number of ether oxygens (including phenoxy) is 1. The maximum absolute atomic E-state index is 10.6. The summed E-state index contributed by atoms with van der Waals surface area (Å²) in [5, 5.41) is 9.58. The standard InChI is InChI=1S/C14H13NO3/c1-9-3-4-10-11(5-8-14(16)17)13(18-2)7-6-12(10)15-9/h3-8H,1-2H3,(H,16,17)/b8-5+. The van der Waals surface area contributed by atoms with Crippen molar-refractivity contribution in [1.82, 2.24) is 4.98 Å². The summed E-state index contributed by atoms with van der Waals surface area (Å²) < 4.78 is 5.24. The van der Waals surface area contributed by atoms with Gasteiger partial charge in [-0.1, -0.05) is 6.07 Å². The highest BCUT2D eigenvalue weighted by molar-refractivity contribution is 5.95. The van der Waals surface area contributed by atoms with Gasteiger partial charge in [0.1, 0.15) is 5.75 Å². The fourth-order valence-corrected chi connectivity index (χ4v) is 1.81. The van der Waals surface area contributed by atoms with Gasteiger partial charge in [0, 0.05) is 22.7 Å². The number of hydrogen-bond acceptors (Lipinski definition) is 3. The fourth-order valence-electron chi connectivity index (χ4n) is 1.81. The molecule has 4 heteroatoms. The summed E-state index contributed by atoms with van der Waals surface area (Å²) in [6, 6.07) is 7.46. The second kappa shape index (κ2) is 4.87. The second-order valence-corrected chi connectivity index (χ2v) is 3.87. The number of aliphatic carboxylic acids is 1. The van der Waals surface area contributed by atoms with Crippen LogP contribution in [0, 0.1) is 6.92 Å². The van der Waals surface area contributed by atoms with Crippen molar-refractivity contribution in [3.63, 3.8) is 0 Å². The molecule has 0 unspecified atom stereocenters. The Balaban J connectivity index is 2.69. The number of hydrogen-bond donors (Lipinski definition) is 1. The molecule has 0 aliphatic heterocycles. The van der Waals surface area contributed by atoms with Crippen molar-refractivity contribution in [3.8, 4) is 5.75 Å². The van der Waals surface area contributed by atoms with Crippen LogP contribution in [0.2, 0.25) is 0 Å². The molecule has 0 radical (unpaired) electrons. The third-order valence-electron chi connectivity index (χ3n) is 2.62. The van der Waals surface area contributed by atoms with Crippen molar-refractivity contribution in [2.24, 2.45) is 0 Å². The van der Waals surface area contributed by atoms with Crippen molar-refractivity contribution < 1.29 is 14.6 Å². The normalized spacial score (nSPS) is 11.0. The zero-order chi connectivity index (χ0) is 13.1. The largest absolute Gasteiger partial charge is 0.496 e. The minimum absolute atomic E-state index is 0.630. The van der Waals surface area contributed by atoms with Crippen LogP contribution >= 0.6 is 0 Å². The highest BCUT2D eigenvalue weighted by Gasteiger charge is 2.07. The lowest BCUT2D eigenvalue weighted by Crippen LogP contribution is -1.92. The Kier molecular flexibility index (Phi) is 3.28. The molecule has 18 heavy (non-hydrogen) atoms. The lowest BCUT2D eigenvalue weighted by atomic mass is 10.1. The van der Waals surface area contributed by atoms with Gasteiger partial charge in [-0.2, -0.15) is 0 Å². The van der Waals surface area contributed by atoms with E-state index in [1.807, 2.05) is 25.1 Å². The highest BCUT2D eigenvalue weighted by Crippen LogP contribution is 2.28. The van der Waals surface area contributed by atoms with E-state index < -0.39 is 5.97 Å². The quantitative estimate of drug-likeness (QED) is 0.842. The summed E-state index contributed by atoms with van der Waals surface area (Å²) in [6.45, 7) is 1.91. The van der Waals surface area contributed by atoms with Crippen molar-refractivity contribution in [1.29, 1.82) is 0 Å². The van der Waals surface area contributed by atoms with Gasteiger partial charge in [-0.05, 0) is 31.2 Å². The molecular weight excluding hydrogens is 230 g/mol. The van der Waals surface area contributed by atoms with Crippen molar-refractivity contribution in [3.05, 3.63) is 41.6 Å². The molecule has 1 heterocycles. The van der Waals surface area contributed by atoms with Crippen LogP contribution in [0.3, 0.4) is 0 Å². The third kappa shape index (κ3) is 2.32. The molecule has 0 fully saturated rings. The lowest BCUT2D eigenvalue weighted by Gasteiger charge is -2.08. The van der Waals surface area contributed by atoms with E-state index in [9.17, 15) is 4.79 Å². The van der Waals surface area contributed by atoms with Crippen LogP contribution in [0.15, 0.2) is 30.3 Å². The van der Waals surface area contributed by atoms with E-state index in [4.69, 9.17) is 9.84 Å². The predicted molar refractivity (Wildman–Crippen MR) is 69.7 cm³/mol. The van der Waals surface area contributed by atoms with E-state index in [-0.39, 0.29) is 0 Å². The Labute approximate surface area is 105 Å². The van der Waals surface area contributed by atoms with Crippen molar-refractivity contribution >= 4 is 22.9 Å².